The van der Waals surface area contributed by atoms with E-state index in [0.29, 0.717) is 25.5 Å². The van der Waals surface area contributed by atoms with Gasteiger partial charge in [0.1, 0.15) is 5.92 Å². The Balaban J connectivity index is 2.59. The molecule has 90 valence electrons. The quantitative estimate of drug-likeness (QED) is 0.674. The lowest BCUT2D eigenvalue weighted by Gasteiger charge is -2.04. The van der Waals surface area contributed by atoms with Crippen molar-refractivity contribution in [1.29, 1.82) is 0 Å². The second-order valence-corrected chi connectivity index (χ2v) is 3.27. The van der Waals surface area contributed by atoms with Crippen LogP contribution in [-0.2, 0) is 20.7 Å². The summed E-state index contributed by atoms with van der Waals surface area (Å²) in [5, 5.41) is 3.74. The summed E-state index contributed by atoms with van der Waals surface area (Å²) in [6.45, 7) is 4.29. The number of rotatable bonds is 6. The van der Waals surface area contributed by atoms with E-state index < -0.39 is 5.92 Å². The molecule has 0 radical (unpaired) electrons. The van der Waals surface area contributed by atoms with Crippen molar-refractivity contribution in [3.8, 4) is 0 Å². The zero-order valence-corrected chi connectivity index (χ0v) is 9.73. The molecule has 0 fully saturated rings. The summed E-state index contributed by atoms with van der Waals surface area (Å²) in [5.74, 6) is -0.0641. The summed E-state index contributed by atoms with van der Waals surface area (Å²) in [4.78, 5) is 15.5. The van der Waals surface area contributed by atoms with Gasteiger partial charge in [-0.3, -0.25) is 4.79 Å². The van der Waals surface area contributed by atoms with Crippen molar-refractivity contribution in [3.63, 3.8) is 0 Å². The number of hydrogen-bond donors (Lipinski definition) is 0. The summed E-state index contributed by atoms with van der Waals surface area (Å²) < 4.78 is 14.7. The Morgan fingerprint density at radius 1 is 1.56 bits per heavy atom. The van der Waals surface area contributed by atoms with Crippen LogP contribution in [-0.4, -0.2) is 36.4 Å². The number of ether oxygens (including phenoxy) is 2. The average Bonchev–Trinajstić information content (AvgIpc) is 2.74. The van der Waals surface area contributed by atoms with Gasteiger partial charge in [-0.2, -0.15) is 4.98 Å². The molecule has 0 aliphatic heterocycles. The fourth-order valence-corrected chi connectivity index (χ4v) is 1.11. The van der Waals surface area contributed by atoms with Crippen molar-refractivity contribution in [1.82, 2.24) is 10.1 Å². The van der Waals surface area contributed by atoms with Gasteiger partial charge in [-0.25, -0.2) is 0 Å². The second-order valence-electron chi connectivity index (χ2n) is 3.27. The molecular weight excluding hydrogens is 212 g/mol. The Labute approximate surface area is 93.9 Å². The van der Waals surface area contributed by atoms with Crippen LogP contribution in [0.15, 0.2) is 4.52 Å². The summed E-state index contributed by atoms with van der Waals surface area (Å²) in [6.07, 6.45) is 0.565. The van der Waals surface area contributed by atoms with Gasteiger partial charge in [-0.05, 0) is 13.8 Å². The van der Waals surface area contributed by atoms with Gasteiger partial charge in [0.2, 0.25) is 5.89 Å². The first-order chi connectivity index (χ1) is 7.69. The van der Waals surface area contributed by atoms with E-state index in [1.54, 1.807) is 21.0 Å². The van der Waals surface area contributed by atoms with E-state index in [2.05, 4.69) is 10.1 Å². The Hall–Kier alpha value is -1.43. The van der Waals surface area contributed by atoms with E-state index in [-0.39, 0.29) is 11.9 Å². The van der Waals surface area contributed by atoms with Crippen LogP contribution in [0.2, 0.25) is 0 Å². The van der Waals surface area contributed by atoms with Crippen molar-refractivity contribution in [2.24, 2.45) is 0 Å². The molecule has 0 amide bonds. The number of carbonyl (C=O) groups excluding carboxylic acids is 1. The van der Waals surface area contributed by atoms with E-state index in [0.717, 1.165) is 0 Å². The average molecular weight is 228 g/mol. The Kier molecular flexibility index (Phi) is 4.91. The first-order valence-electron chi connectivity index (χ1n) is 5.17. The SMILES string of the molecule is CCOC(=O)C(C)c1nc(CCOC)no1. The Morgan fingerprint density at radius 3 is 2.94 bits per heavy atom. The summed E-state index contributed by atoms with van der Waals surface area (Å²) in [5.41, 5.74) is 0. The summed E-state index contributed by atoms with van der Waals surface area (Å²) in [6, 6.07) is 0. The standard InChI is InChI=1S/C10H16N2O4/c1-4-15-10(13)7(2)9-11-8(12-16-9)5-6-14-3/h7H,4-6H2,1-3H3. The molecule has 1 rings (SSSR count). The highest BCUT2D eigenvalue weighted by Crippen LogP contribution is 2.14. The lowest BCUT2D eigenvalue weighted by Crippen LogP contribution is -2.13. The lowest BCUT2D eigenvalue weighted by molar-refractivity contribution is -0.145. The minimum atomic E-state index is -0.524. The monoisotopic (exact) mass is 228 g/mol. The highest BCUT2D eigenvalue weighted by Gasteiger charge is 2.22. The third-order valence-electron chi connectivity index (χ3n) is 2.02. The molecule has 0 N–H and O–H groups in total. The fourth-order valence-electron chi connectivity index (χ4n) is 1.11. The van der Waals surface area contributed by atoms with E-state index in [9.17, 15) is 4.79 Å². The molecule has 6 heteroatoms. The fraction of sp³-hybridized carbons (Fsp3) is 0.700. The van der Waals surface area contributed by atoms with Gasteiger partial charge in [-0.1, -0.05) is 5.16 Å². The number of carbonyl (C=O) groups is 1. The minimum Gasteiger partial charge on any atom is -0.465 e. The third kappa shape index (κ3) is 3.30. The normalized spacial score (nSPS) is 12.4. The van der Waals surface area contributed by atoms with Crippen LogP contribution in [0.4, 0.5) is 0 Å². The molecule has 1 aromatic rings. The maximum Gasteiger partial charge on any atom is 0.318 e. The zero-order valence-electron chi connectivity index (χ0n) is 9.73. The lowest BCUT2D eigenvalue weighted by atomic mass is 10.2. The first kappa shape index (κ1) is 12.6. The molecule has 0 saturated carbocycles. The molecule has 6 nitrogen and oxygen atoms in total. The molecular formula is C10H16N2O4. The van der Waals surface area contributed by atoms with E-state index in [1.165, 1.54) is 0 Å². The molecule has 1 atom stereocenters. The number of nitrogens with zero attached hydrogens (tertiary/aromatic N) is 2. The van der Waals surface area contributed by atoms with Gasteiger partial charge in [0.05, 0.1) is 13.2 Å². The van der Waals surface area contributed by atoms with Gasteiger partial charge < -0.3 is 14.0 Å². The molecule has 16 heavy (non-hydrogen) atoms. The number of esters is 1. The number of hydrogen-bond acceptors (Lipinski definition) is 6. The van der Waals surface area contributed by atoms with Crippen LogP contribution >= 0.6 is 0 Å². The van der Waals surface area contributed by atoms with Crippen LogP contribution in [0.3, 0.4) is 0 Å². The van der Waals surface area contributed by atoms with Crippen LogP contribution in [0, 0.1) is 0 Å². The molecule has 0 aliphatic rings. The van der Waals surface area contributed by atoms with Crippen molar-refractivity contribution < 1.29 is 18.8 Å². The van der Waals surface area contributed by atoms with E-state index in [1.807, 2.05) is 0 Å². The van der Waals surface area contributed by atoms with Crippen molar-refractivity contribution in [2.45, 2.75) is 26.2 Å². The smallest absolute Gasteiger partial charge is 0.318 e. The summed E-state index contributed by atoms with van der Waals surface area (Å²) >= 11 is 0. The number of methoxy groups -OCH3 is 1. The van der Waals surface area contributed by atoms with Gasteiger partial charge in [0, 0.05) is 13.5 Å². The van der Waals surface area contributed by atoms with E-state index in [4.69, 9.17) is 14.0 Å². The van der Waals surface area contributed by atoms with Gasteiger partial charge in [-0.15, -0.1) is 0 Å². The highest BCUT2D eigenvalue weighted by molar-refractivity contribution is 5.76. The van der Waals surface area contributed by atoms with Crippen LogP contribution in [0.1, 0.15) is 31.5 Å². The first-order valence-corrected chi connectivity index (χ1v) is 5.17. The molecule has 1 heterocycles. The third-order valence-corrected chi connectivity index (χ3v) is 2.02. The molecule has 0 spiro atoms. The minimum absolute atomic E-state index is 0.282. The molecule has 0 bridgehead atoms. The van der Waals surface area contributed by atoms with Gasteiger partial charge >= 0.3 is 5.97 Å². The molecule has 1 unspecified atom stereocenters. The molecule has 0 aromatic carbocycles. The van der Waals surface area contributed by atoms with E-state index >= 15 is 0 Å². The van der Waals surface area contributed by atoms with Crippen molar-refractivity contribution in [2.75, 3.05) is 20.3 Å². The highest BCUT2D eigenvalue weighted by atomic mass is 16.5. The van der Waals surface area contributed by atoms with Gasteiger partial charge in [0.25, 0.3) is 0 Å². The maximum absolute atomic E-state index is 11.4. The van der Waals surface area contributed by atoms with Crippen molar-refractivity contribution in [3.05, 3.63) is 11.7 Å². The predicted molar refractivity (Wildman–Crippen MR) is 54.9 cm³/mol. The summed E-state index contributed by atoms with van der Waals surface area (Å²) in [7, 11) is 1.60. The molecule has 0 aliphatic carbocycles. The second kappa shape index (κ2) is 6.22. The largest absolute Gasteiger partial charge is 0.465 e. The van der Waals surface area contributed by atoms with Crippen LogP contribution < -0.4 is 0 Å². The molecule has 1 aromatic heterocycles. The Morgan fingerprint density at radius 2 is 2.31 bits per heavy atom. The van der Waals surface area contributed by atoms with Crippen LogP contribution in [0.25, 0.3) is 0 Å². The topological polar surface area (TPSA) is 74.5 Å². The number of aromatic nitrogens is 2. The maximum atomic E-state index is 11.4. The zero-order chi connectivity index (χ0) is 12.0. The van der Waals surface area contributed by atoms with Gasteiger partial charge in [0.15, 0.2) is 5.82 Å². The van der Waals surface area contributed by atoms with Crippen molar-refractivity contribution >= 4 is 5.97 Å². The van der Waals surface area contributed by atoms with Crippen LogP contribution in [0.5, 0.6) is 0 Å². The predicted octanol–water partition coefficient (Wildman–Crippen LogP) is 0.925. The Bertz CT molecular complexity index is 337. The molecule has 0 saturated heterocycles.